The van der Waals surface area contributed by atoms with E-state index in [9.17, 15) is 4.79 Å². The highest BCUT2D eigenvalue weighted by Crippen LogP contribution is 2.15. The minimum atomic E-state index is -0.427. The molecule has 0 unspecified atom stereocenters. The summed E-state index contributed by atoms with van der Waals surface area (Å²) in [7, 11) is 0. The van der Waals surface area contributed by atoms with Gasteiger partial charge in [-0.25, -0.2) is 4.79 Å². The number of carbonyl (C=O) groups excluding carboxylic acids is 1. The van der Waals surface area contributed by atoms with Crippen molar-refractivity contribution in [3.8, 4) is 0 Å². The zero-order valence-electron chi connectivity index (χ0n) is 18.5. The molecule has 0 spiro atoms. The molecule has 3 N–H and O–H groups in total. The Kier molecular flexibility index (Phi) is 9.80. The maximum absolute atomic E-state index is 11.9. The van der Waals surface area contributed by atoms with Crippen molar-refractivity contribution in [1.29, 1.82) is 0 Å². The van der Waals surface area contributed by atoms with E-state index in [-0.39, 0.29) is 6.09 Å². The van der Waals surface area contributed by atoms with Crippen molar-refractivity contribution in [3.05, 3.63) is 71.8 Å². The first-order valence-electron chi connectivity index (χ1n) is 10.6. The van der Waals surface area contributed by atoms with Crippen LogP contribution in [0.1, 0.15) is 31.9 Å². The Labute approximate surface area is 181 Å². The largest absolute Gasteiger partial charge is 0.444 e. The number of hydrogen-bond acceptors (Lipinski definition) is 5. The second-order valence-corrected chi connectivity index (χ2v) is 8.37. The van der Waals surface area contributed by atoms with Crippen molar-refractivity contribution in [2.45, 2.75) is 39.5 Å². The molecule has 2 aromatic rings. The van der Waals surface area contributed by atoms with Crippen LogP contribution in [0.15, 0.2) is 60.7 Å². The van der Waals surface area contributed by atoms with Gasteiger partial charge in [0.15, 0.2) is 0 Å². The highest BCUT2D eigenvalue weighted by atomic mass is 16.6. The summed E-state index contributed by atoms with van der Waals surface area (Å²) in [6.45, 7) is 11.3. The molecule has 1 heterocycles. The average molecular weight is 413 g/mol. The lowest BCUT2D eigenvalue weighted by Gasteiger charge is -2.24. The fourth-order valence-corrected chi connectivity index (χ4v) is 3.02. The summed E-state index contributed by atoms with van der Waals surface area (Å²) in [6, 6.07) is 20.6. The van der Waals surface area contributed by atoms with E-state index in [0.717, 1.165) is 32.7 Å². The third-order valence-corrected chi connectivity index (χ3v) is 4.45. The molecule has 1 fully saturated rings. The molecule has 6 nitrogen and oxygen atoms in total. The van der Waals surface area contributed by atoms with Crippen molar-refractivity contribution >= 4 is 6.09 Å². The van der Waals surface area contributed by atoms with Crippen LogP contribution >= 0.6 is 0 Å². The summed E-state index contributed by atoms with van der Waals surface area (Å²) in [5.74, 6) is 0. The maximum atomic E-state index is 11.9. The molecule has 1 aliphatic rings. The van der Waals surface area contributed by atoms with Crippen LogP contribution in [-0.4, -0.2) is 54.3 Å². The van der Waals surface area contributed by atoms with Crippen molar-refractivity contribution in [3.63, 3.8) is 0 Å². The van der Waals surface area contributed by atoms with Crippen molar-refractivity contribution in [1.82, 2.24) is 15.1 Å². The average Bonchev–Trinajstić information content (AvgIpc) is 3.18. The smallest absolute Gasteiger partial charge is 0.411 e. The van der Waals surface area contributed by atoms with Gasteiger partial charge in [-0.1, -0.05) is 60.7 Å². The normalized spacial score (nSPS) is 14.2. The van der Waals surface area contributed by atoms with Gasteiger partial charge in [0.1, 0.15) is 5.60 Å². The highest BCUT2D eigenvalue weighted by molar-refractivity contribution is 5.68. The number of rotatable bonds is 6. The van der Waals surface area contributed by atoms with E-state index in [1.54, 1.807) is 4.90 Å². The number of nitrogens with two attached hydrogens (primary N) is 1. The minimum absolute atomic E-state index is 0.219. The molecule has 2 aromatic carbocycles. The Morgan fingerprint density at radius 1 is 1.00 bits per heavy atom. The highest BCUT2D eigenvalue weighted by Gasteiger charge is 2.28. The van der Waals surface area contributed by atoms with Crippen LogP contribution in [0.25, 0.3) is 0 Å². The van der Waals surface area contributed by atoms with Gasteiger partial charge in [0, 0.05) is 39.3 Å². The van der Waals surface area contributed by atoms with Gasteiger partial charge >= 0.3 is 6.09 Å². The number of hydrogen-bond donors (Lipinski definition) is 2. The van der Waals surface area contributed by atoms with E-state index in [1.807, 2.05) is 57.2 Å². The molecule has 164 valence electrons. The molecule has 1 amide bonds. The van der Waals surface area contributed by atoms with E-state index in [2.05, 4.69) is 34.5 Å². The summed E-state index contributed by atoms with van der Waals surface area (Å²) in [6.07, 6.45) is -0.219. The summed E-state index contributed by atoms with van der Waals surface area (Å²) in [5.41, 5.74) is 7.48. The Hall–Kier alpha value is -2.41. The fraction of sp³-hybridized carbons (Fsp3) is 0.458. The monoisotopic (exact) mass is 412 g/mol. The number of carbonyl (C=O) groups is 1. The van der Waals surface area contributed by atoms with Crippen LogP contribution < -0.4 is 11.1 Å². The molecule has 0 bridgehead atoms. The lowest BCUT2D eigenvalue weighted by atomic mass is 10.2. The van der Waals surface area contributed by atoms with Gasteiger partial charge in [0.05, 0.1) is 6.67 Å². The SMILES string of the molecule is CC(C)(C)OC(=O)N1CCN(Cc2ccccc2)C1.NCCNCc1ccccc1. The van der Waals surface area contributed by atoms with Crippen LogP contribution in [0, 0.1) is 0 Å². The van der Waals surface area contributed by atoms with Crippen molar-refractivity contribution < 1.29 is 9.53 Å². The fourth-order valence-electron chi connectivity index (χ4n) is 3.02. The standard InChI is InChI=1S/C15H22N2O2.C9H14N2/c1-15(2,3)19-14(18)17-10-9-16(12-17)11-13-7-5-4-6-8-13;10-6-7-11-8-9-4-2-1-3-5-9/h4-8H,9-12H2,1-3H3;1-5,11H,6-8,10H2. The topological polar surface area (TPSA) is 70.8 Å². The van der Waals surface area contributed by atoms with Gasteiger partial charge < -0.3 is 15.8 Å². The molecule has 1 saturated heterocycles. The van der Waals surface area contributed by atoms with E-state index in [0.29, 0.717) is 13.2 Å². The van der Waals surface area contributed by atoms with Crippen molar-refractivity contribution in [2.24, 2.45) is 5.73 Å². The molecule has 3 rings (SSSR count). The molecule has 0 radical (unpaired) electrons. The summed E-state index contributed by atoms with van der Waals surface area (Å²) < 4.78 is 5.38. The van der Waals surface area contributed by atoms with E-state index in [1.165, 1.54) is 11.1 Å². The summed E-state index contributed by atoms with van der Waals surface area (Å²) in [4.78, 5) is 15.9. The Morgan fingerprint density at radius 2 is 1.60 bits per heavy atom. The van der Waals surface area contributed by atoms with Crippen LogP contribution in [0.4, 0.5) is 4.79 Å². The van der Waals surface area contributed by atoms with E-state index < -0.39 is 5.60 Å². The first-order valence-corrected chi connectivity index (χ1v) is 10.6. The van der Waals surface area contributed by atoms with Crippen molar-refractivity contribution in [2.75, 3.05) is 32.8 Å². The number of amides is 1. The molecule has 0 saturated carbocycles. The number of nitrogens with zero attached hydrogens (tertiary/aromatic N) is 2. The lowest BCUT2D eigenvalue weighted by Crippen LogP contribution is -2.36. The van der Waals surface area contributed by atoms with Crippen LogP contribution in [0.2, 0.25) is 0 Å². The molecular weight excluding hydrogens is 376 g/mol. The van der Waals surface area contributed by atoms with Gasteiger partial charge in [-0.2, -0.15) is 0 Å². The maximum Gasteiger partial charge on any atom is 0.411 e. The summed E-state index contributed by atoms with van der Waals surface area (Å²) >= 11 is 0. The molecule has 1 aliphatic heterocycles. The second-order valence-electron chi connectivity index (χ2n) is 8.37. The van der Waals surface area contributed by atoms with Crippen LogP contribution in [0.3, 0.4) is 0 Å². The van der Waals surface area contributed by atoms with Gasteiger partial charge in [0.25, 0.3) is 0 Å². The zero-order chi connectivity index (χ0) is 21.8. The number of ether oxygens (including phenoxy) is 1. The van der Waals surface area contributed by atoms with E-state index >= 15 is 0 Å². The van der Waals surface area contributed by atoms with Gasteiger partial charge in [0.2, 0.25) is 0 Å². The Balaban J connectivity index is 0.000000248. The molecule has 0 aliphatic carbocycles. The van der Waals surface area contributed by atoms with Crippen LogP contribution in [0.5, 0.6) is 0 Å². The predicted molar refractivity (Wildman–Crippen MR) is 122 cm³/mol. The predicted octanol–water partition coefficient (Wildman–Crippen LogP) is 3.43. The quantitative estimate of drug-likeness (QED) is 0.712. The summed E-state index contributed by atoms with van der Waals surface area (Å²) in [5, 5.41) is 3.23. The van der Waals surface area contributed by atoms with Crippen LogP contribution in [-0.2, 0) is 17.8 Å². The van der Waals surface area contributed by atoms with Gasteiger partial charge in [-0.3, -0.25) is 9.80 Å². The first kappa shape index (κ1) is 23.9. The molecular formula is C24H36N4O2. The molecule has 30 heavy (non-hydrogen) atoms. The third-order valence-electron chi connectivity index (χ3n) is 4.45. The molecule has 0 aromatic heterocycles. The first-order chi connectivity index (χ1) is 14.4. The van der Waals surface area contributed by atoms with Gasteiger partial charge in [-0.15, -0.1) is 0 Å². The van der Waals surface area contributed by atoms with Gasteiger partial charge in [-0.05, 0) is 31.9 Å². The second kappa shape index (κ2) is 12.3. The molecule has 6 heteroatoms. The molecule has 0 atom stereocenters. The zero-order valence-corrected chi connectivity index (χ0v) is 18.5. The Morgan fingerprint density at radius 3 is 2.17 bits per heavy atom. The lowest BCUT2D eigenvalue weighted by molar-refractivity contribution is 0.0263. The third kappa shape index (κ3) is 9.39. The number of nitrogens with one attached hydrogen (secondary N) is 1. The number of benzene rings is 2. The minimum Gasteiger partial charge on any atom is -0.444 e. The van der Waals surface area contributed by atoms with E-state index in [4.69, 9.17) is 10.5 Å². The Bertz CT molecular complexity index is 732.